The van der Waals surface area contributed by atoms with Gasteiger partial charge < -0.3 is 15.0 Å². The van der Waals surface area contributed by atoms with Crippen LogP contribution in [0.15, 0.2) is 24.4 Å². The van der Waals surface area contributed by atoms with Gasteiger partial charge in [0, 0.05) is 19.3 Å². The number of nitrogens with zero attached hydrogens (tertiary/aromatic N) is 2. The molecule has 1 aromatic heterocycles. The molecule has 2 aliphatic rings. The van der Waals surface area contributed by atoms with Crippen molar-refractivity contribution < 1.29 is 4.74 Å². The fourth-order valence-electron chi connectivity index (χ4n) is 2.77. The van der Waals surface area contributed by atoms with Gasteiger partial charge in [-0.15, -0.1) is 0 Å². The maximum atomic E-state index is 6.05. The third-order valence-corrected chi connectivity index (χ3v) is 3.74. The number of nitrogens with one attached hydrogen (secondary N) is 1. The Morgan fingerprint density at radius 1 is 1.29 bits per heavy atom. The molecule has 2 saturated heterocycles. The molecule has 0 aromatic carbocycles. The highest BCUT2D eigenvalue weighted by Crippen LogP contribution is 2.29. The molecule has 2 fully saturated rings. The van der Waals surface area contributed by atoms with E-state index in [0.717, 1.165) is 51.4 Å². The quantitative estimate of drug-likeness (QED) is 0.786. The number of aromatic nitrogens is 1. The van der Waals surface area contributed by atoms with Gasteiger partial charge in [0.05, 0.1) is 12.2 Å². The van der Waals surface area contributed by atoms with E-state index < -0.39 is 0 Å². The Hall–Kier alpha value is -1.13. The maximum absolute atomic E-state index is 6.05. The molecule has 0 radical (unpaired) electrons. The Morgan fingerprint density at radius 3 is 2.94 bits per heavy atom. The van der Waals surface area contributed by atoms with Gasteiger partial charge in [-0.3, -0.25) is 0 Å². The molecule has 3 rings (SSSR count). The summed E-state index contributed by atoms with van der Waals surface area (Å²) in [5.41, 5.74) is 0.0566. The largest absolute Gasteiger partial charge is 0.371 e. The lowest BCUT2D eigenvalue weighted by Gasteiger charge is -2.45. The predicted octanol–water partition coefficient (Wildman–Crippen LogP) is 1.04. The van der Waals surface area contributed by atoms with Crippen LogP contribution in [0.1, 0.15) is 12.8 Å². The molecule has 0 aliphatic carbocycles. The molecule has 0 bridgehead atoms. The van der Waals surface area contributed by atoms with Crippen molar-refractivity contribution >= 4 is 5.82 Å². The molecular weight excluding hydrogens is 214 g/mol. The number of hydrogen-bond donors (Lipinski definition) is 1. The second-order valence-electron chi connectivity index (χ2n) is 4.89. The van der Waals surface area contributed by atoms with Gasteiger partial charge in [0.15, 0.2) is 0 Å². The Morgan fingerprint density at radius 2 is 2.18 bits per heavy atom. The standard InChI is InChI=1S/C13H19N3O/c1-2-6-15-12(3-1)16-9-10-17-13(11-16)4-7-14-8-5-13/h1-3,6,14H,4-5,7-11H2. The Kier molecular flexibility index (Phi) is 2.99. The summed E-state index contributed by atoms with van der Waals surface area (Å²) in [5, 5.41) is 3.40. The molecule has 0 saturated carbocycles. The maximum Gasteiger partial charge on any atom is 0.128 e. The summed E-state index contributed by atoms with van der Waals surface area (Å²) < 4.78 is 6.05. The van der Waals surface area contributed by atoms with Crippen molar-refractivity contribution in [3.8, 4) is 0 Å². The Bertz CT molecular complexity index is 357. The number of hydrogen-bond acceptors (Lipinski definition) is 4. The highest BCUT2D eigenvalue weighted by Gasteiger charge is 2.38. The van der Waals surface area contributed by atoms with Crippen LogP contribution in [0.4, 0.5) is 5.82 Å². The zero-order valence-electron chi connectivity index (χ0n) is 10.1. The number of anilines is 1. The molecular formula is C13H19N3O. The average molecular weight is 233 g/mol. The second kappa shape index (κ2) is 4.63. The van der Waals surface area contributed by atoms with Gasteiger partial charge in [0.1, 0.15) is 5.82 Å². The number of morpholine rings is 1. The first-order chi connectivity index (χ1) is 8.38. The number of piperidine rings is 1. The van der Waals surface area contributed by atoms with Crippen LogP contribution < -0.4 is 10.2 Å². The highest BCUT2D eigenvalue weighted by molar-refractivity contribution is 5.39. The summed E-state index contributed by atoms with van der Waals surface area (Å²) in [6.07, 6.45) is 4.08. The first-order valence-corrected chi connectivity index (χ1v) is 6.39. The Labute approximate surface area is 102 Å². The van der Waals surface area contributed by atoms with Gasteiger partial charge in [0.25, 0.3) is 0 Å². The van der Waals surface area contributed by atoms with Crippen LogP contribution in [0.3, 0.4) is 0 Å². The van der Waals surface area contributed by atoms with Crippen LogP contribution in [-0.2, 0) is 4.74 Å². The zero-order chi connectivity index (χ0) is 11.6. The van der Waals surface area contributed by atoms with Crippen molar-refractivity contribution in [2.45, 2.75) is 18.4 Å². The number of pyridine rings is 1. The Balaban J connectivity index is 1.75. The molecule has 17 heavy (non-hydrogen) atoms. The van der Waals surface area contributed by atoms with E-state index in [2.05, 4.69) is 21.3 Å². The van der Waals surface area contributed by atoms with Crippen molar-refractivity contribution in [2.75, 3.05) is 37.7 Å². The van der Waals surface area contributed by atoms with E-state index in [4.69, 9.17) is 4.74 Å². The van der Waals surface area contributed by atoms with Gasteiger partial charge >= 0.3 is 0 Å². The van der Waals surface area contributed by atoms with Crippen molar-refractivity contribution in [2.24, 2.45) is 0 Å². The van der Waals surface area contributed by atoms with E-state index >= 15 is 0 Å². The van der Waals surface area contributed by atoms with Crippen LogP contribution in [-0.4, -0.2) is 43.4 Å². The third-order valence-electron chi connectivity index (χ3n) is 3.74. The smallest absolute Gasteiger partial charge is 0.128 e. The van der Waals surface area contributed by atoms with Crippen LogP contribution in [0.5, 0.6) is 0 Å². The molecule has 1 spiro atoms. The minimum Gasteiger partial charge on any atom is -0.371 e. The van der Waals surface area contributed by atoms with Crippen molar-refractivity contribution in [3.05, 3.63) is 24.4 Å². The first kappa shape index (κ1) is 11.0. The normalized spacial score (nSPS) is 23.9. The number of ether oxygens (including phenoxy) is 1. The van der Waals surface area contributed by atoms with Gasteiger partial charge in [-0.25, -0.2) is 4.98 Å². The SMILES string of the molecule is c1ccc(N2CCOC3(CCNCC3)C2)nc1. The first-order valence-electron chi connectivity index (χ1n) is 6.39. The van der Waals surface area contributed by atoms with E-state index in [1.807, 2.05) is 18.3 Å². The fourth-order valence-corrected chi connectivity index (χ4v) is 2.77. The van der Waals surface area contributed by atoms with Crippen molar-refractivity contribution in [1.29, 1.82) is 0 Å². The lowest BCUT2D eigenvalue weighted by Crippen LogP contribution is -2.56. The molecule has 1 N–H and O–H groups in total. The predicted molar refractivity (Wildman–Crippen MR) is 67.2 cm³/mol. The third kappa shape index (κ3) is 2.28. The van der Waals surface area contributed by atoms with E-state index in [9.17, 15) is 0 Å². The molecule has 0 unspecified atom stereocenters. The van der Waals surface area contributed by atoms with Crippen molar-refractivity contribution in [1.82, 2.24) is 10.3 Å². The van der Waals surface area contributed by atoms with E-state index in [-0.39, 0.29) is 5.60 Å². The van der Waals surface area contributed by atoms with E-state index in [1.165, 1.54) is 0 Å². The lowest BCUT2D eigenvalue weighted by atomic mass is 9.90. The summed E-state index contributed by atoms with van der Waals surface area (Å²) in [5.74, 6) is 1.08. The van der Waals surface area contributed by atoms with Gasteiger partial charge in [-0.05, 0) is 38.1 Å². The second-order valence-corrected chi connectivity index (χ2v) is 4.89. The molecule has 4 heteroatoms. The van der Waals surface area contributed by atoms with E-state index in [1.54, 1.807) is 0 Å². The van der Waals surface area contributed by atoms with E-state index in [0.29, 0.717) is 0 Å². The summed E-state index contributed by atoms with van der Waals surface area (Å²) in [7, 11) is 0. The molecule has 92 valence electrons. The minimum absolute atomic E-state index is 0.0566. The minimum atomic E-state index is 0.0566. The topological polar surface area (TPSA) is 37.4 Å². The van der Waals surface area contributed by atoms with Crippen LogP contribution >= 0.6 is 0 Å². The van der Waals surface area contributed by atoms with Gasteiger partial charge in [0.2, 0.25) is 0 Å². The summed E-state index contributed by atoms with van der Waals surface area (Å²) in [4.78, 5) is 6.79. The van der Waals surface area contributed by atoms with Crippen molar-refractivity contribution in [3.63, 3.8) is 0 Å². The average Bonchev–Trinajstić information content (AvgIpc) is 2.41. The summed E-state index contributed by atoms with van der Waals surface area (Å²) in [6, 6.07) is 6.09. The fraction of sp³-hybridized carbons (Fsp3) is 0.615. The highest BCUT2D eigenvalue weighted by atomic mass is 16.5. The molecule has 0 atom stereocenters. The lowest BCUT2D eigenvalue weighted by molar-refractivity contribution is -0.0740. The van der Waals surface area contributed by atoms with Gasteiger partial charge in [-0.2, -0.15) is 0 Å². The molecule has 4 nitrogen and oxygen atoms in total. The van der Waals surface area contributed by atoms with Crippen LogP contribution in [0.25, 0.3) is 0 Å². The summed E-state index contributed by atoms with van der Waals surface area (Å²) in [6.45, 7) is 4.88. The molecule has 0 amide bonds. The molecule has 3 heterocycles. The number of rotatable bonds is 1. The molecule has 2 aliphatic heterocycles. The zero-order valence-corrected chi connectivity index (χ0v) is 10.1. The summed E-state index contributed by atoms with van der Waals surface area (Å²) >= 11 is 0. The monoisotopic (exact) mass is 233 g/mol. The van der Waals surface area contributed by atoms with Crippen LogP contribution in [0.2, 0.25) is 0 Å². The van der Waals surface area contributed by atoms with Crippen LogP contribution in [0, 0.1) is 0 Å². The van der Waals surface area contributed by atoms with Gasteiger partial charge in [-0.1, -0.05) is 6.07 Å². The molecule has 1 aromatic rings.